The van der Waals surface area contributed by atoms with Gasteiger partial charge < -0.3 is 0 Å². The molecule has 1 aromatic carbocycles. The van der Waals surface area contributed by atoms with E-state index in [1.807, 2.05) is 0 Å². The zero-order valence-corrected chi connectivity index (χ0v) is 14.7. The summed E-state index contributed by atoms with van der Waals surface area (Å²) in [7, 11) is -1.21. The Morgan fingerprint density at radius 2 is 1.60 bits per heavy atom. The van der Waals surface area contributed by atoms with Gasteiger partial charge in [0.2, 0.25) is 0 Å². The molecule has 1 fully saturated rings. The molecule has 20 heavy (non-hydrogen) atoms. The minimum atomic E-state index is -1.21. The number of rotatable bonds is 5. The van der Waals surface area contributed by atoms with Crippen LogP contribution in [0.5, 0.6) is 0 Å². The number of benzene rings is 1. The van der Waals surface area contributed by atoms with Crippen LogP contribution in [0.3, 0.4) is 0 Å². The van der Waals surface area contributed by atoms with Crippen molar-refractivity contribution in [3.63, 3.8) is 0 Å². The van der Waals surface area contributed by atoms with Crippen LogP contribution in [-0.2, 0) is 0 Å². The first-order valence-electron chi connectivity index (χ1n) is 8.67. The SMILES string of the molecule is CCC1CCCC(CC[Si](C)(C)c2ccccc2)CC1. The summed E-state index contributed by atoms with van der Waals surface area (Å²) in [6.45, 7) is 7.47. The second-order valence-electron chi connectivity index (χ2n) is 7.44. The van der Waals surface area contributed by atoms with E-state index in [4.69, 9.17) is 0 Å². The molecule has 1 aliphatic carbocycles. The molecule has 1 aromatic rings. The fourth-order valence-corrected chi connectivity index (χ4v) is 6.26. The molecule has 0 spiro atoms. The second-order valence-corrected chi connectivity index (χ2v) is 12.3. The highest BCUT2D eigenvalue weighted by Crippen LogP contribution is 2.32. The Kier molecular flexibility index (Phi) is 5.89. The van der Waals surface area contributed by atoms with Crippen LogP contribution in [-0.4, -0.2) is 8.07 Å². The summed E-state index contributed by atoms with van der Waals surface area (Å²) >= 11 is 0. The van der Waals surface area contributed by atoms with Gasteiger partial charge in [0.05, 0.1) is 8.07 Å². The molecule has 0 aromatic heterocycles. The quantitative estimate of drug-likeness (QED) is 0.489. The van der Waals surface area contributed by atoms with Gasteiger partial charge >= 0.3 is 0 Å². The van der Waals surface area contributed by atoms with Crippen molar-refractivity contribution >= 4 is 13.3 Å². The highest BCUT2D eigenvalue weighted by atomic mass is 28.3. The lowest BCUT2D eigenvalue weighted by Crippen LogP contribution is -2.41. The average molecular weight is 289 g/mol. The van der Waals surface area contributed by atoms with E-state index in [0.717, 1.165) is 11.8 Å². The van der Waals surface area contributed by atoms with Gasteiger partial charge in [-0.15, -0.1) is 0 Å². The fourth-order valence-electron chi connectivity index (χ4n) is 3.75. The van der Waals surface area contributed by atoms with E-state index < -0.39 is 8.07 Å². The minimum Gasteiger partial charge on any atom is -0.0654 e. The maximum absolute atomic E-state index is 2.55. The minimum absolute atomic E-state index is 1.02. The topological polar surface area (TPSA) is 0 Å². The molecule has 1 saturated carbocycles. The Morgan fingerprint density at radius 1 is 0.950 bits per heavy atom. The molecule has 0 radical (unpaired) electrons. The third-order valence-electron chi connectivity index (χ3n) is 5.52. The van der Waals surface area contributed by atoms with E-state index in [2.05, 4.69) is 50.3 Å². The lowest BCUT2D eigenvalue weighted by Gasteiger charge is -2.25. The molecule has 0 amide bonds. The van der Waals surface area contributed by atoms with Crippen molar-refractivity contribution in [3.8, 4) is 0 Å². The number of hydrogen-bond acceptors (Lipinski definition) is 0. The summed E-state index contributed by atoms with van der Waals surface area (Å²) in [5.41, 5.74) is 0. The molecule has 2 unspecified atom stereocenters. The predicted octanol–water partition coefficient (Wildman–Crippen LogP) is 5.60. The first kappa shape index (κ1) is 15.8. The van der Waals surface area contributed by atoms with E-state index in [1.54, 1.807) is 5.19 Å². The first-order chi connectivity index (χ1) is 9.62. The summed E-state index contributed by atoms with van der Waals surface area (Å²) in [5, 5.41) is 1.64. The van der Waals surface area contributed by atoms with Gasteiger partial charge in [-0.05, 0) is 11.8 Å². The maximum Gasteiger partial charge on any atom is 0.0806 e. The van der Waals surface area contributed by atoms with Gasteiger partial charge in [-0.1, -0.05) is 107 Å². The first-order valence-corrected chi connectivity index (χ1v) is 11.9. The van der Waals surface area contributed by atoms with Crippen molar-refractivity contribution in [2.24, 2.45) is 11.8 Å². The lowest BCUT2D eigenvalue weighted by molar-refractivity contribution is 0.415. The van der Waals surface area contributed by atoms with Gasteiger partial charge in [0, 0.05) is 0 Å². The van der Waals surface area contributed by atoms with E-state index in [-0.39, 0.29) is 0 Å². The molecule has 0 heterocycles. The number of hydrogen-bond donors (Lipinski definition) is 0. The Balaban J connectivity index is 1.85. The van der Waals surface area contributed by atoms with E-state index in [9.17, 15) is 0 Å². The Hall–Kier alpha value is -0.563. The molecule has 0 aliphatic heterocycles. The van der Waals surface area contributed by atoms with Crippen LogP contribution in [0.2, 0.25) is 19.1 Å². The molecule has 2 rings (SSSR count). The Labute approximate surface area is 127 Å². The molecular weight excluding hydrogens is 256 g/mol. The van der Waals surface area contributed by atoms with Gasteiger partial charge in [0.1, 0.15) is 0 Å². The third-order valence-corrected chi connectivity index (χ3v) is 8.95. The van der Waals surface area contributed by atoms with Crippen LogP contribution in [0, 0.1) is 11.8 Å². The molecule has 1 heteroatoms. The van der Waals surface area contributed by atoms with Crippen molar-refractivity contribution in [1.29, 1.82) is 0 Å². The van der Waals surface area contributed by atoms with E-state index in [0.29, 0.717) is 0 Å². The van der Waals surface area contributed by atoms with Gasteiger partial charge in [-0.25, -0.2) is 0 Å². The largest absolute Gasteiger partial charge is 0.0806 e. The molecule has 0 nitrogen and oxygen atoms in total. The van der Waals surface area contributed by atoms with Gasteiger partial charge in [-0.2, -0.15) is 0 Å². The highest BCUT2D eigenvalue weighted by Gasteiger charge is 2.25. The fraction of sp³-hybridized carbons (Fsp3) is 0.684. The third kappa shape index (κ3) is 4.48. The van der Waals surface area contributed by atoms with Crippen molar-refractivity contribution in [1.82, 2.24) is 0 Å². The summed E-state index contributed by atoms with van der Waals surface area (Å²) in [4.78, 5) is 0. The lowest BCUT2D eigenvalue weighted by atomic mass is 9.95. The van der Waals surface area contributed by atoms with Crippen LogP contribution in [0.15, 0.2) is 30.3 Å². The standard InChI is InChI=1S/C19H32Si/c1-4-17-9-8-10-18(14-13-17)15-16-20(2,3)19-11-6-5-7-12-19/h5-7,11-12,17-18H,4,8-10,13-16H2,1-3H3. The van der Waals surface area contributed by atoms with Crippen LogP contribution >= 0.6 is 0 Å². The molecule has 0 N–H and O–H groups in total. The zero-order chi connectivity index (χ0) is 14.4. The van der Waals surface area contributed by atoms with Gasteiger partial charge in [0.25, 0.3) is 0 Å². The molecule has 112 valence electrons. The Morgan fingerprint density at radius 3 is 2.30 bits per heavy atom. The zero-order valence-electron chi connectivity index (χ0n) is 13.7. The average Bonchev–Trinajstić information content (AvgIpc) is 2.71. The second kappa shape index (κ2) is 7.45. The van der Waals surface area contributed by atoms with Gasteiger partial charge in [-0.3, -0.25) is 0 Å². The summed E-state index contributed by atoms with van der Waals surface area (Å²) < 4.78 is 0. The molecular formula is C19H32Si. The monoisotopic (exact) mass is 288 g/mol. The highest BCUT2D eigenvalue weighted by molar-refractivity contribution is 6.89. The summed E-state index contributed by atoms with van der Waals surface area (Å²) in [6, 6.07) is 12.7. The summed E-state index contributed by atoms with van der Waals surface area (Å²) in [5.74, 6) is 2.04. The Bertz CT molecular complexity index is 382. The van der Waals surface area contributed by atoms with E-state index >= 15 is 0 Å². The predicted molar refractivity (Wildman–Crippen MR) is 93.3 cm³/mol. The van der Waals surface area contributed by atoms with E-state index in [1.165, 1.54) is 51.0 Å². The molecule has 0 bridgehead atoms. The van der Waals surface area contributed by atoms with Crippen LogP contribution in [0.4, 0.5) is 0 Å². The molecule has 2 atom stereocenters. The smallest absolute Gasteiger partial charge is 0.0654 e. The maximum atomic E-state index is 2.55. The van der Waals surface area contributed by atoms with Crippen LogP contribution < -0.4 is 5.19 Å². The normalized spacial score (nSPS) is 24.4. The van der Waals surface area contributed by atoms with Gasteiger partial charge in [0.15, 0.2) is 0 Å². The van der Waals surface area contributed by atoms with Crippen LogP contribution in [0.1, 0.15) is 51.9 Å². The van der Waals surface area contributed by atoms with Crippen molar-refractivity contribution in [2.45, 2.75) is 71.0 Å². The van der Waals surface area contributed by atoms with Crippen LogP contribution in [0.25, 0.3) is 0 Å². The molecule has 1 aliphatic rings. The molecule has 0 saturated heterocycles. The summed E-state index contributed by atoms with van der Waals surface area (Å²) in [6.07, 6.45) is 10.3. The van der Waals surface area contributed by atoms with Crippen molar-refractivity contribution in [2.75, 3.05) is 0 Å². The van der Waals surface area contributed by atoms with Crippen molar-refractivity contribution in [3.05, 3.63) is 30.3 Å². The van der Waals surface area contributed by atoms with Crippen molar-refractivity contribution < 1.29 is 0 Å².